The number of ether oxygens (including phenoxy) is 2. The van der Waals surface area contributed by atoms with E-state index in [0.717, 1.165) is 0 Å². The maximum atomic E-state index is 11.9. The number of benzene rings is 1. The van der Waals surface area contributed by atoms with E-state index in [2.05, 4.69) is 0 Å². The summed E-state index contributed by atoms with van der Waals surface area (Å²) in [5.74, 6) is -0.0154. The molecule has 1 fully saturated rings. The SMILES string of the molecule is COc1cccc(C(C(=O)O)N2CCN(C(C)=O)CC2)c1OC. The van der Waals surface area contributed by atoms with Crippen LogP contribution in [0, 0.1) is 0 Å². The van der Waals surface area contributed by atoms with Gasteiger partial charge in [0.1, 0.15) is 6.04 Å². The summed E-state index contributed by atoms with van der Waals surface area (Å²) in [7, 11) is 3.01. The van der Waals surface area contributed by atoms with Crippen molar-refractivity contribution < 1.29 is 24.2 Å². The van der Waals surface area contributed by atoms with Gasteiger partial charge in [0.05, 0.1) is 14.2 Å². The Labute approximate surface area is 135 Å². The van der Waals surface area contributed by atoms with Crippen molar-refractivity contribution in [3.63, 3.8) is 0 Å². The number of amides is 1. The fourth-order valence-corrected chi connectivity index (χ4v) is 2.91. The number of carbonyl (C=O) groups is 2. The zero-order valence-electron chi connectivity index (χ0n) is 13.6. The maximum Gasteiger partial charge on any atom is 0.325 e. The normalized spacial score (nSPS) is 16.7. The predicted octanol–water partition coefficient (Wildman–Crippen LogP) is 0.994. The van der Waals surface area contributed by atoms with E-state index in [0.29, 0.717) is 43.2 Å². The number of nitrogens with zero attached hydrogens (tertiary/aromatic N) is 2. The van der Waals surface area contributed by atoms with E-state index in [1.54, 1.807) is 23.1 Å². The minimum absolute atomic E-state index is 0.00971. The monoisotopic (exact) mass is 322 g/mol. The third-order valence-corrected chi connectivity index (χ3v) is 4.09. The Bertz CT molecular complexity index is 582. The van der Waals surface area contributed by atoms with Crippen LogP contribution in [-0.4, -0.2) is 67.2 Å². The quantitative estimate of drug-likeness (QED) is 0.871. The lowest BCUT2D eigenvalue weighted by Gasteiger charge is -2.37. The van der Waals surface area contributed by atoms with Gasteiger partial charge < -0.3 is 19.5 Å². The van der Waals surface area contributed by atoms with Crippen molar-refractivity contribution >= 4 is 11.9 Å². The molecule has 0 aromatic heterocycles. The van der Waals surface area contributed by atoms with E-state index in [1.165, 1.54) is 21.1 Å². The van der Waals surface area contributed by atoms with Crippen molar-refractivity contribution in [1.29, 1.82) is 0 Å². The van der Waals surface area contributed by atoms with Gasteiger partial charge in [-0.05, 0) is 6.07 Å². The molecule has 1 aromatic rings. The lowest BCUT2D eigenvalue weighted by Crippen LogP contribution is -2.50. The largest absolute Gasteiger partial charge is 0.493 e. The molecular weight excluding hydrogens is 300 g/mol. The highest BCUT2D eigenvalue weighted by molar-refractivity contribution is 5.77. The van der Waals surface area contributed by atoms with Gasteiger partial charge in [0.25, 0.3) is 0 Å². The van der Waals surface area contributed by atoms with Gasteiger partial charge in [-0.3, -0.25) is 14.5 Å². The van der Waals surface area contributed by atoms with Gasteiger partial charge in [-0.2, -0.15) is 0 Å². The van der Waals surface area contributed by atoms with E-state index >= 15 is 0 Å². The van der Waals surface area contributed by atoms with Crippen molar-refractivity contribution in [2.45, 2.75) is 13.0 Å². The van der Waals surface area contributed by atoms with Crippen LogP contribution < -0.4 is 9.47 Å². The van der Waals surface area contributed by atoms with Crippen LogP contribution in [-0.2, 0) is 9.59 Å². The van der Waals surface area contributed by atoms with E-state index in [9.17, 15) is 14.7 Å². The Morgan fingerprint density at radius 2 is 1.78 bits per heavy atom. The van der Waals surface area contributed by atoms with Crippen LogP contribution in [0.5, 0.6) is 11.5 Å². The molecule has 0 bridgehead atoms. The van der Waals surface area contributed by atoms with E-state index in [-0.39, 0.29) is 5.91 Å². The number of carboxylic acid groups (broad SMARTS) is 1. The highest BCUT2D eigenvalue weighted by Crippen LogP contribution is 2.37. The molecule has 7 heteroatoms. The average molecular weight is 322 g/mol. The number of carboxylic acids is 1. The summed E-state index contributed by atoms with van der Waals surface area (Å²) in [6.45, 7) is 3.56. The Kier molecular flexibility index (Phi) is 5.44. The fourth-order valence-electron chi connectivity index (χ4n) is 2.91. The number of methoxy groups -OCH3 is 2. The van der Waals surface area contributed by atoms with E-state index in [1.807, 2.05) is 4.90 Å². The molecule has 1 unspecified atom stereocenters. The first-order valence-electron chi connectivity index (χ1n) is 7.42. The first kappa shape index (κ1) is 17.1. The molecule has 1 heterocycles. The smallest absolute Gasteiger partial charge is 0.325 e. The first-order chi connectivity index (χ1) is 11.0. The first-order valence-corrected chi connectivity index (χ1v) is 7.42. The lowest BCUT2D eigenvalue weighted by molar-refractivity contribution is -0.145. The lowest BCUT2D eigenvalue weighted by atomic mass is 10.0. The summed E-state index contributed by atoms with van der Waals surface area (Å²) in [6, 6.07) is 4.37. The standard InChI is InChI=1S/C16H22N2O5/c1-11(19)17-7-9-18(10-8-17)14(16(20)21)12-5-4-6-13(22-2)15(12)23-3/h4-6,14H,7-10H2,1-3H3,(H,20,21). The Morgan fingerprint density at radius 3 is 2.26 bits per heavy atom. The minimum Gasteiger partial charge on any atom is -0.493 e. The van der Waals surface area contributed by atoms with Gasteiger partial charge in [-0.1, -0.05) is 12.1 Å². The summed E-state index contributed by atoms with van der Waals surface area (Å²) >= 11 is 0. The van der Waals surface area contributed by atoms with Crippen molar-refractivity contribution in [2.75, 3.05) is 40.4 Å². The molecule has 2 rings (SSSR count). The molecule has 1 atom stereocenters. The molecule has 0 saturated carbocycles. The third-order valence-electron chi connectivity index (χ3n) is 4.09. The second kappa shape index (κ2) is 7.32. The molecule has 126 valence electrons. The van der Waals surface area contributed by atoms with Crippen molar-refractivity contribution in [2.24, 2.45) is 0 Å². The van der Waals surface area contributed by atoms with Crippen LogP contribution in [0.15, 0.2) is 18.2 Å². The molecule has 1 aromatic carbocycles. The second-order valence-electron chi connectivity index (χ2n) is 5.37. The van der Waals surface area contributed by atoms with Crippen LogP contribution >= 0.6 is 0 Å². The van der Waals surface area contributed by atoms with Crippen LogP contribution in [0.3, 0.4) is 0 Å². The van der Waals surface area contributed by atoms with Gasteiger partial charge >= 0.3 is 5.97 Å². The molecular formula is C16H22N2O5. The van der Waals surface area contributed by atoms with Crippen LogP contribution in [0.25, 0.3) is 0 Å². The summed E-state index contributed by atoms with van der Waals surface area (Å²) in [4.78, 5) is 26.8. The van der Waals surface area contributed by atoms with Crippen molar-refractivity contribution in [3.8, 4) is 11.5 Å². The number of rotatable bonds is 5. The molecule has 1 N–H and O–H groups in total. The van der Waals surface area contributed by atoms with E-state index in [4.69, 9.17) is 9.47 Å². The maximum absolute atomic E-state index is 11.9. The Morgan fingerprint density at radius 1 is 1.13 bits per heavy atom. The summed E-state index contributed by atoms with van der Waals surface area (Å²) in [5.41, 5.74) is 0.552. The molecule has 0 radical (unpaired) electrons. The number of carbonyl (C=O) groups excluding carboxylic acids is 1. The van der Waals surface area contributed by atoms with Crippen LogP contribution in [0.1, 0.15) is 18.5 Å². The zero-order valence-corrected chi connectivity index (χ0v) is 13.6. The fraction of sp³-hybridized carbons (Fsp3) is 0.500. The second-order valence-corrected chi connectivity index (χ2v) is 5.37. The average Bonchev–Trinajstić information content (AvgIpc) is 2.54. The Balaban J connectivity index is 2.30. The molecule has 1 aliphatic rings. The number of para-hydroxylation sites is 1. The van der Waals surface area contributed by atoms with Gasteiger partial charge in [-0.15, -0.1) is 0 Å². The summed E-state index contributed by atoms with van der Waals surface area (Å²) in [6.07, 6.45) is 0. The number of hydrogen-bond acceptors (Lipinski definition) is 5. The van der Waals surface area contributed by atoms with Gasteiger partial charge in [0, 0.05) is 38.7 Å². The molecule has 7 nitrogen and oxygen atoms in total. The number of hydrogen-bond donors (Lipinski definition) is 1. The Hall–Kier alpha value is -2.28. The molecule has 23 heavy (non-hydrogen) atoms. The van der Waals surface area contributed by atoms with Crippen molar-refractivity contribution in [3.05, 3.63) is 23.8 Å². The van der Waals surface area contributed by atoms with Gasteiger partial charge in [0.2, 0.25) is 5.91 Å². The zero-order chi connectivity index (χ0) is 17.0. The number of piperazine rings is 1. The molecule has 1 saturated heterocycles. The topological polar surface area (TPSA) is 79.3 Å². The van der Waals surface area contributed by atoms with E-state index < -0.39 is 12.0 Å². The predicted molar refractivity (Wildman–Crippen MR) is 83.7 cm³/mol. The highest BCUT2D eigenvalue weighted by Gasteiger charge is 2.33. The molecule has 0 aliphatic carbocycles. The van der Waals surface area contributed by atoms with Gasteiger partial charge in [0.15, 0.2) is 11.5 Å². The molecule has 1 aliphatic heterocycles. The molecule has 0 spiro atoms. The van der Waals surface area contributed by atoms with Crippen molar-refractivity contribution in [1.82, 2.24) is 9.80 Å². The van der Waals surface area contributed by atoms with Gasteiger partial charge in [-0.25, -0.2) is 0 Å². The van der Waals surface area contributed by atoms with Crippen LogP contribution in [0.4, 0.5) is 0 Å². The molecule has 1 amide bonds. The number of aliphatic carboxylic acids is 1. The highest BCUT2D eigenvalue weighted by atomic mass is 16.5. The minimum atomic E-state index is -0.951. The van der Waals surface area contributed by atoms with Crippen LogP contribution in [0.2, 0.25) is 0 Å². The summed E-state index contributed by atoms with van der Waals surface area (Å²) < 4.78 is 10.6. The summed E-state index contributed by atoms with van der Waals surface area (Å²) in [5, 5.41) is 9.72. The third kappa shape index (κ3) is 3.56.